The minimum Gasteiger partial charge on any atom is -0.507 e. The van der Waals surface area contributed by atoms with Gasteiger partial charge in [-0.15, -0.1) is 0 Å². The van der Waals surface area contributed by atoms with Crippen LogP contribution < -0.4 is 0 Å². The SMILES string of the molecule is Cc1cccc2c(O)ccc(C=O)c12. The molecule has 2 aromatic carbocycles. The highest BCUT2D eigenvalue weighted by atomic mass is 16.3. The van der Waals surface area contributed by atoms with E-state index >= 15 is 0 Å². The fourth-order valence-electron chi connectivity index (χ4n) is 1.70. The van der Waals surface area contributed by atoms with Crippen molar-refractivity contribution in [2.24, 2.45) is 0 Å². The molecule has 0 aromatic heterocycles. The molecule has 0 saturated carbocycles. The summed E-state index contributed by atoms with van der Waals surface area (Å²) < 4.78 is 0. The van der Waals surface area contributed by atoms with Crippen molar-refractivity contribution in [1.82, 2.24) is 0 Å². The summed E-state index contributed by atoms with van der Waals surface area (Å²) in [5.74, 6) is 0.217. The van der Waals surface area contributed by atoms with Crippen molar-refractivity contribution >= 4 is 17.1 Å². The van der Waals surface area contributed by atoms with Gasteiger partial charge in [0.2, 0.25) is 0 Å². The molecule has 0 radical (unpaired) electrons. The third-order valence-corrected chi connectivity index (χ3v) is 2.39. The molecule has 0 atom stereocenters. The molecular formula is C12H10O2. The molecule has 0 spiro atoms. The summed E-state index contributed by atoms with van der Waals surface area (Å²) in [5, 5.41) is 11.2. The Kier molecular flexibility index (Phi) is 1.97. The van der Waals surface area contributed by atoms with Crippen molar-refractivity contribution in [3.05, 3.63) is 41.5 Å². The molecule has 2 heteroatoms. The highest BCUT2D eigenvalue weighted by Crippen LogP contribution is 2.28. The largest absolute Gasteiger partial charge is 0.507 e. The van der Waals surface area contributed by atoms with Crippen LogP contribution >= 0.6 is 0 Å². The molecule has 0 heterocycles. The standard InChI is InChI=1S/C12H10O2/c1-8-3-2-4-10-11(14)6-5-9(7-13)12(8)10/h2-7,14H,1H3. The molecule has 14 heavy (non-hydrogen) atoms. The number of hydrogen-bond acceptors (Lipinski definition) is 2. The normalized spacial score (nSPS) is 10.4. The van der Waals surface area contributed by atoms with E-state index in [2.05, 4.69) is 0 Å². The third-order valence-electron chi connectivity index (χ3n) is 2.39. The molecule has 2 rings (SSSR count). The third kappa shape index (κ3) is 1.16. The van der Waals surface area contributed by atoms with Crippen molar-refractivity contribution in [3.8, 4) is 5.75 Å². The van der Waals surface area contributed by atoms with Gasteiger partial charge in [0.25, 0.3) is 0 Å². The van der Waals surface area contributed by atoms with Gasteiger partial charge in [0.15, 0.2) is 6.29 Å². The van der Waals surface area contributed by atoms with Crippen LogP contribution in [0.25, 0.3) is 10.8 Å². The smallest absolute Gasteiger partial charge is 0.150 e. The predicted octanol–water partition coefficient (Wildman–Crippen LogP) is 2.67. The lowest BCUT2D eigenvalue weighted by molar-refractivity contribution is 0.112. The van der Waals surface area contributed by atoms with E-state index in [1.807, 2.05) is 25.1 Å². The second-order valence-electron chi connectivity index (χ2n) is 3.29. The van der Waals surface area contributed by atoms with Crippen molar-refractivity contribution in [1.29, 1.82) is 0 Å². The average molecular weight is 186 g/mol. The van der Waals surface area contributed by atoms with Crippen LogP contribution in [0.4, 0.5) is 0 Å². The molecule has 1 N–H and O–H groups in total. The minimum absolute atomic E-state index is 0.217. The first-order valence-electron chi connectivity index (χ1n) is 4.40. The summed E-state index contributed by atoms with van der Waals surface area (Å²) in [7, 11) is 0. The first-order valence-corrected chi connectivity index (χ1v) is 4.40. The van der Waals surface area contributed by atoms with Crippen molar-refractivity contribution < 1.29 is 9.90 Å². The predicted molar refractivity (Wildman–Crippen MR) is 55.7 cm³/mol. The molecular weight excluding hydrogens is 176 g/mol. The molecule has 2 aromatic rings. The van der Waals surface area contributed by atoms with Gasteiger partial charge in [0.1, 0.15) is 5.75 Å². The number of phenolic OH excluding ortho intramolecular Hbond substituents is 1. The molecule has 0 unspecified atom stereocenters. The maximum absolute atomic E-state index is 10.8. The average Bonchev–Trinajstić information content (AvgIpc) is 2.20. The van der Waals surface area contributed by atoms with Crippen molar-refractivity contribution in [2.75, 3.05) is 0 Å². The van der Waals surface area contributed by atoms with Crippen LogP contribution in [0.15, 0.2) is 30.3 Å². The van der Waals surface area contributed by atoms with E-state index in [0.29, 0.717) is 5.56 Å². The summed E-state index contributed by atoms with van der Waals surface area (Å²) >= 11 is 0. The van der Waals surface area contributed by atoms with E-state index in [1.54, 1.807) is 12.1 Å². The van der Waals surface area contributed by atoms with Crippen LogP contribution in [0.1, 0.15) is 15.9 Å². The Morgan fingerprint density at radius 2 is 2.00 bits per heavy atom. The first-order chi connectivity index (χ1) is 6.74. The van der Waals surface area contributed by atoms with Crippen LogP contribution in [0.5, 0.6) is 5.75 Å². The van der Waals surface area contributed by atoms with Gasteiger partial charge in [-0.1, -0.05) is 18.2 Å². The fraction of sp³-hybridized carbons (Fsp3) is 0.0833. The van der Waals surface area contributed by atoms with Gasteiger partial charge in [-0.3, -0.25) is 4.79 Å². The summed E-state index contributed by atoms with van der Waals surface area (Å²) in [6.07, 6.45) is 0.814. The number of hydrogen-bond donors (Lipinski definition) is 1. The fourth-order valence-corrected chi connectivity index (χ4v) is 1.70. The highest BCUT2D eigenvalue weighted by molar-refractivity contribution is 6.02. The maximum atomic E-state index is 10.8. The molecule has 0 saturated heterocycles. The van der Waals surface area contributed by atoms with E-state index in [-0.39, 0.29) is 5.75 Å². The number of benzene rings is 2. The van der Waals surface area contributed by atoms with Crippen LogP contribution in [-0.2, 0) is 0 Å². The number of aryl methyl sites for hydroxylation is 1. The van der Waals surface area contributed by atoms with E-state index in [9.17, 15) is 9.90 Å². The number of carbonyl (C=O) groups excluding carboxylic acids is 1. The van der Waals surface area contributed by atoms with Gasteiger partial charge < -0.3 is 5.11 Å². The lowest BCUT2D eigenvalue weighted by Gasteiger charge is -2.06. The Hall–Kier alpha value is -1.83. The van der Waals surface area contributed by atoms with Crippen LogP contribution in [-0.4, -0.2) is 11.4 Å². The van der Waals surface area contributed by atoms with Crippen LogP contribution in [0.3, 0.4) is 0 Å². The zero-order valence-corrected chi connectivity index (χ0v) is 7.82. The Morgan fingerprint density at radius 3 is 2.71 bits per heavy atom. The first kappa shape index (κ1) is 8.75. The van der Waals surface area contributed by atoms with Crippen molar-refractivity contribution in [3.63, 3.8) is 0 Å². The lowest BCUT2D eigenvalue weighted by Crippen LogP contribution is -1.86. The highest BCUT2D eigenvalue weighted by Gasteiger charge is 2.05. The van der Waals surface area contributed by atoms with E-state index in [1.165, 1.54) is 0 Å². The summed E-state index contributed by atoms with van der Waals surface area (Å²) in [4.78, 5) is 10.8. The number of aromatic hydroxyl groups is 1. The molecule has 2 nitrogen and oxygen atoms in total. The minimum atomic E-state index is 0.217. The summed E-state index contributed by atoms with van der Waals surface area (Å²) in [5.41, 5.74) is 1.62. The number of phenols is 1. The second-order valence-corrected chi connectivity index (χ2v) is 3.29. The van der Waals surface area contributed by atoms with E-state index < -0.39 is 0 Å². The Balaban J connectivity index is 2.99. The molecule has 70 valence electrons. The van der Waals surface area contributed by atoms with Gasteiger partial charge in [-0.05, 0) is 30.0 Å². The van der Waals surface area contributed by atoms with E-state index in [0.717, 1.165) is 22.6 Å². The van der Waals surface area contributed by atoms with Gasteiger partial charge in [0.05, 0.1) is 0 Å². The van der Waals surface area contributed by atoms with Crippen LogP contribution in [0, 0.1) is 6.92 Å². The molecule has 0 aliphatic rings. The number of fused-ring (bicyclic) bond motifs is 1. The Morgan fingerprint density at radius 1 is 1.21 bits per heavy atom. The van der Waals surface area contributed by atoms with Crippen LogP contribution in [0.2, 0.25) is 0 Å². The zero-order valence-electron chi connectivity index (χ0n) is 7.82. The Bertz CT molecular complexity index is 501. The number of aldehydes is 1. The van der Waals surface area contributed by atoms with Crippen molar-refractivity contribution in [2.45, 2.75) is 6.92 Å². The van der Waals surface area contributed by atoms with Gasteiger partial charge in [0, 0.05) is 10.9 Å². The molecule has 0 fully saturated rings. The van der Waals surface area contributed by atoms with E-state index in [4.69, 9.17) is 0 Å². The van der Waals surface area contributed by atoms with Gasteiger partial charge in [-0.25, -0.2) is 0 Å². The van der Waals surface area contributed by atoms with Gasteiger partial charge >= 0.3 is 0 Å². The Labute approximate surface area is 81.8 Å². The van der Waals surface area contributed by atoms with Gasteiger partial charge in [-0.2, -0.15) is 0 Å². The molecule has 0 bridgehead atoms. The molecule has 0 aliphatic carbocycles. The monoisotopic (exact) mass is 186 g/mol. The zero-order chi connectivity index (χ0) is 10.1. The maximum Gasteiger partial charge on any atom is 0.150 e. The summed E-state index contributed by atoms with van der Waals surface area (Å²) in [6, 6.07) is 8.79. The number of rotatable bonds is 1. The number of carbonyl (C=O) groups is 1. The molecule has 0 amide bonds. The lowest BCUT2D eigenvalue weighted by atomic mass is 10.00. The summed E-state index contributed by atoms with van der Waals surface area (Å²) in [6.45, 7) is 1.93. The quantitative estimate of drug-likeness (QED) is 0.695. The molecule has 0 aliphatic heterocycles. The second kappa shape index (κ2) is 3.14. The topological polar surface area (TPSA) is 37.3 Å².